The number of alkyl halides is 3. The zero-order valence-corrected chi connectivity index (χ0v) is 15.8. The molecule has 1 aromatic carbocycles. The Hall–Kier alpha value is -2.94. The lowest BCUT2D eigenvalue weighted by Gasteiger charge is -2.15. The SMILES string of the molecule is Cc1nc(-c2ccccn2)sc1C(=O)N[C@@H](C)c1ccc(OC(F)(F)F)cc1. The molecule has 0 aliphatic rings. The number of nitrogens with one attached hydrogen (secondary N) is 1. The van der Waals surface area contributed by atoms with Gasteiger partial charge >= 0.3 is 6.36 Å². The van der Waals surface area contributed by atoms with Crippen molar-refractivity contribution in [2.24, 2.45) is 0 Å². The largest absolute Gasteiger partial charge is 0.573 e. The zero-order valence-electron chi connectivity index (χ0n) is 14.9. The number of aromatic nitrogens is 2. The molecule has 3 aromatic rings. The van der Waals surface area contributed by atoms with E-state index in [1.165, 1.54) is 35.6 Å². The van der Waals surface area contributed by atoms with Crippen LogP contribution in [0.15, 0.2) is 48.7 Å². The summed E-state index contributed by atoms with van der Waals surface area (Å²) in [5.74, 6) is -0.617. The maximum atomic E-state index is 12.6. The molecule has 0 spiro atoms. The molecule has 146 valence electrons. The van der Waals surface area contributed by atoms with Gasteiger partial charge in [-0.15, -0.1) is 24.5 Å². The highest BCUT2D eigenvalue weighted by Gasteiger charge is 2.31. The highest BCUT2D eigenvalue weighted by atomic mass is 32.1. The molecule has 0 saturated carbocycles. The van der Waals surface area contributed by atoms with E-state index >= 15 is 0 Å². The van der Waals surface area contributed by atoms with E-state index in [1.54, 1.807) is 26.1 Å². The first-order chi connectivity index (χ1) is 13.2. The van der Waals surface area contributed by atoms with Gasteiger partial charge in [0.1, 0.15) is 15.6 Å². The number of carbonyl (C=O) groups excluding carboxylic acids is 1. The lowest BCUT2D eigenvalue weighted by Crippen LogP contribution is -2.26. The number of pyridine rings is 1. The normalized spacial score (nSPS) is 12.5. The van der Waals surface area contributed by atoms with E-state index < -0.39 is 12.4 Å². The number of carbonyl (C=O) groups is 1. The molecule has 2 heterocycles. The number of ether oxygens (including phenoxy) is 1. The number of benzene rings is 1. The molecule has 9 heteroatoms. The van der Waals surface area contributed by atoms with E-state index in [0.29, 0.717) is 26.8 Å². The minimum atomic E-state index is -4.74. The molecular formula is C19H16F3N3O2S. The van der Waals surface area contributed by atoms with Crippen molar-refractivity contribution in [2.45, 2.75) is 26.3 Å². The number of thiazole rings is 1. The molecule has 5 nitrogen and oxygen atoms in total. The fourth-order valence-corrected chi connectivity index (χ4v) is 3.46. The van der Waals surface area contributed by atoms with Crippen LogP contribution in [-0.4, -0.2) is 22.2 Å². The van der Waals surface area contributed by atoms with E-state index in [1.807, 2.05) is 12.1 Å². The molecule has 0 aliphatic carbocycles. The Morgan fingerprint density at radius 3 is 2.50 bits per heavy atom. The van der Waals surface area contributed by atoms with Gasteiger partial charge in [0.2, 0.25) is 0 Å². The lowest BCUT2D eigenvalue weighted by atomic mass is 10.1. The van der Waals surface area contributed by atoms with Gasteiger partial charge in [0.05, 0.1) is 17.4 Å². The van der Waals surface area contributed by atoms with Crippen LogP contribution in [0.25, 0.3) is 10.7 Å². The van der Waals surface area contributed by atoms with Crippen molar-refractivity contribution in [2.75, 3.05) is 0 Å². The van der Waals surface area contributed by atoms with Crippen molar-refractivity contribution in [3.05, 3.63) is 64.8 Å². The van der Waals surface area contributed by atoms with Crippen LogP contribution in [0.5, 0.6) is 5.75 Å². The number of nitrogens with zero attached hydrogens (tertiary/aromatic N) is 2. The number of amides is 1. The molecule has 0 unspecified atom stereocenters. The Labute approximate surface area is 163 Å². The zero-order chi connectivity index (χ0) is 20.3. The first kappa shape index (κ1) is 19.8. The Balaban J connectivity index is 1.70. The third kappa shape index (κ3) is 4.86. The predicted molar refractivity (Wildman–Crippen MR) is 99.1 cm³/mol. The van der Waals surface area contributed by atoms with Crippen molar-refractivity contribution in [1.82, 2.24) is 15.3 Å². The average molecular weight is 407 g/mol. The first-order valence-electron chi connectivity index (χ1n) is 8.28. The fourth-order valence-electron chi connectivity index (χ4n) is 2.51. The Morgan fingerprint density at radius 2 is 1.89 bits per heavy atom. The molecular weight excluding hydrogens is 391 g/mol. The van der Waals surface area contributed by atoms with Crippen LogP contribution in [0.3, 0.4) is 0 Å². The van der Waals surface area contributed by atoms with Gasteiger partial charge in [-0.1, -0.05) is 18.2 Å². The standard InChI is InChI=1S/C19H16F3N3O2S/c1-11(13-6-8-14(9-7-13)27-19(20,21)22)24-17(26)16-12(2)25-18(28-16)15-5-3-4-10-23-15/h3-11H,1-2H3,(H,24,26)/t11-/m0/s1. The molecule has 3 rings (SSSR count). The van der Waals surface area contributed by atoms with Crippen LogP contribution >= 0.6 is 11.3 Å². The summed E-state index contributed by atoms with van der Waals surface area (Å²) in [7, 11) is 0. The van der Waals surface area contributed by atoms with Crippen LogP contribution in [0.1, 0.15) is 33.9 Å². The van der Waals surface area contributed by atoms with E-state index in [9.17, 15) is 18.0 Å². The third-order valence-electron chi connectivity index (χ3n) is 3.85. The molecule has 1 N–H and O–H groups in total. The molecule has 1 amide bonds. The van der Waals surface area contributed by atoms with Gasteiger partial charge < -0.3 is 10.1 Å². The van der Waals surface area contributed by atoms with Gasteiger partial charge in [-0.2, -0.15) is 0 Å². The van der Waals surface area contributed by atoms with Crippen LogP contribution in [0, 0.1) is 6.92 Å². The second-order valence-electron chi connectivity index (χ2n) is 5.96. The maximum absolute atomic E-state index is 12.6. The molecule has 28 heavy (non-hydrogen) atoms. The quantitative estimate of drug-likeness (QED) is 0.653. The highest BCUT2D eigenvalue weighted by Crippen LogP contribution is 2.28. The van der Waals surface area contributed by atoms with Crippen molar-refractivity contribution < 1.29 is 22.7 Å². The summed E-state index contributed by atoms with van der Waals surface area (Å²) in [5, 5.41) is 3.48. The molecule has 1 atom stereocenters. The molecule has 0 aliphatic heterocycles. The van der Waals surface area contributed by atoms with Gasteiger partial charge in [0, 0.05) is 6.20 Å². The van der Waals surface area contributed by atoms with Gasteiger partial charge in [-0.3, -0.25) is 9.78 Å². The van der Waals surface area contributed by atoms with Gasteiger partial charge in [-0.05, 0) is 43.7 Å². The summed E-state index contributed by atoms with van der Waals surface area (Å²) >= 11 is 1.24. The van der Waals surface area contributed by atoms with Crippen molar-refractivity contribution >= 4 is 17.2 Å². The lowest BCUT2D eigenvalue weighted by molar-refractivity contribution is -0.274. The minimum Gasteiger partial charge on any atom is -0.406 e. The summed E-state index contributed by atoms with van der Waals surface area (Å²) in [6, 6.07) is 10.4. The molecule has 0 fully saturated rings. The fraction of sp³-hybridized carbons (Fsp3) is 0.211. The molecule has 2 aromatic heterocycles. The van der Waals surface area contributed by atoms with Crippen molar-refractivity contribution in [1.29, 1.82) is 0 Å². The van der Waals surface area contributed by atoms with Crippen LogP contribution < -0.4 is 10.1 Å². The second-order valence-corrected chi connectivity index (χ2v) is 6.96. The van der Waals surface area contributed by atoms with Crippen molar-refractivity contribution in [3.8, 4) is 16.5 Å². The van der Waals surface area contributed by atoms with Gasteiger partial charge in [-0.25, -0.2) is 4.98 Å². The average Bonchev–Trinajstić information content (AvgIpc) is 3.03. The van der Waals surface area contributed by atoms with E-state index in [-0.39, 0.29) is 11.7 Å². The second kappa shape index (κ2) is 7.97. The third-order valence-corrected chi connectivity index (χ3v) is 5.03. The highest BCUT2D eigenvalue weighted by molar-refractivity contribution is 7.17. The van der Waals surface area contributed by atoms with Crippen LogP contribution in [0.2, 0.25) is 0 Å². The number of hydrogen-bond acceptors (Lipinski definition) is 5. The summed E-state index contributed by atoms with van der Waals surface area (Å²) in [6.07, 6.45) is -3.09. The summed E-state index contributed by atoms with van der Waals surface area (Å²) in [5.41, 5.74) is 1.92. The first-order valence-corrected chi connectivity index (χ1v) is 9.10. The van der Waals surface area contributed by atoms with Gasteiger partial charge in [0.25, 0.3) is 5.91 Å². The predicted octanol–water partition coefficient (Wildman–Crippen LogP) is 4.90. The Bertz CT molecular complexity index is 957. The Kier molecular flexibility index (Phi) is 5.64. The summed E-state index contributed by atoms with van der Waals surface area (Å²) in [6.45, 7) is 3.49. The van der Waals surface area contributed by atoms with Crippen LogP contribution in [0.4, 0.5) is 13.2 Å². The number of halogens is 3. The minimum absolute atomic E-state index is 0.305. The number of rotatable bonds is 5. The smallest absolute Gasteiger partial charge is 0.406 e. The monoisotopic (exact) mass is 407 g/mol. The van der Waals surface area contributed by atoms with Gasteiger partial charge in [0.15, 0.2) is 0 Å². The topological polar surface area (TPSA) is 64.1 Å². The number of aryl methyl sites for hydroxylation is 1. The van der Waals surface area contributed by atoms with E-state index in [0.717, 1.165) is 0 Å². The van der Waals surface area contributed by atoms with E-state index in [4.69, 9.17) is 0 Å². The summed E-state index contributed by atoms with van der Waals surface area (Å²) < 4.78 is 40.6. The molecule has 0 bridgehead atoms. The van der Waals surface area contributed by atoms with E-state index in [2.05, 4.69) is 20.0 Å². The summed E-state index contributed by atoms with van der Waals surface area (Å²) in [4.78, 5) is 21.7. The molecule has 0 saturated heterocycles. The van der Waals surface area contributed by atoms with Crippen LogP contribution in [-0.2, 0) is 0 Å². The number of hydrogen-bond donors (Lipinski definition) is 1. The Morgan fingerprint density at radius 1 is 1.18 bits per heavy atom. The molecule has 0 radical (unpaired) electrons. The van der Waals surface area contributed by atoms with Crippen molar-refractivity contribution in [3.63, 3.8) is 0 Å². The maximum Gasteiger partial charge on any atom is 0.573 e.